The number of aryl methyl sites for hydroxylation is 1. The zero-order valence-corrected chi connectivity index (χ0v) is 14.2. The third-order valence-electron chi connectivity index (χ3n) is 4.16. The summed E-state index contributed by atoms with van der Waals surface area (Å²) in [6, 6.07) is 24.9. The molecular weight excluding hydrogens is 326 g/mol. The summed E-state index contributed by atoms with van der Waals surface area (Å²) < 4.78 is 0. The Bertz CT molecular complexity index is 885. The lowest BCUT2D eigenvalue weighted by atomic mass is 10.00. The summed E-state index contributed by atoms with van der Waals surface area (Å²) in [7, 11) is 0. The van der Waals surface area contributed by atoms with Crippen LogP contribution in [0, 0.1) is 0 Å². The van der Waals surface area contributed by atoms with Crippen LogP contribution >= 0.6 is 0 Å². The molecule has 4 nitrogen and oxygen atoms in total. The van der Waals surface area contributed by atoms with Gasteiger partial charge in [0, 0.05) is 17.7 Å². The van der Waals surface area contributed by atoms with E-state index in [1.807, 2.05) is 18.2 Å². The highest BCUT2D eigenvalue weighted by molar-refractivity contribution is 5.96. The summed E-state index contributed by atoms with van der Waals surface area (Å²) in [6.07, 6.45) is -0.0394. The molecule has 0 aromatic heterocycles. The molecule has 0 fully saturated rings. The third kappa shape index (κ3) is 4.57. The Balaban J connectivity index is 1.58. The van der Waals surface area contributed by atoms with E-state index < -0.39 is 6.09 Å². The second-order valence-corrected chi connectivity index (χ2v) is 5.99. The first-order chi connectivity index (χ1) is 12.6. The molecule has 3 aromatic rings. The predicted octanol–water partition coefficient (Wildman–Crippen LogP) is 5.26. The number of carbonyl (C=O) groups is 2. The fraction of sp³-hybridized carbons (Fsp3) is 0.0909. The largest absolute Gasteiger partial charge is 0.465 e. The smallest absolute Gasteiger partial charge is 0.409 e. The van der Waals surface area contributed by atoms with E-state index in [4.69, 9.17) is 5.11 Å². The maximum atomic E-state index is 12.3. The fourth-order valence-electron chi connectivity index (χ4n) is 2.76. The predicted molar refractivity (Wildman–Crippen MR) is 103 cm³/mol. The van der Waals surface area contributed by atoms with E-state index in [1.165, 1.54) is 5.56 Å². The van der Waals surface area contributed by atoms with E-state index in [9.17, 15) is 9.59 Å². The van der Waals surface area contributed by atoms with Crippen molar-refractivity contribution in [1.29, 1.82) is 0 Å². The Morgan fingerprint density at radius 3 is 2.00 bits per heavy atom. The molecule has 3 rings (SSSR count). The number of amides is 1. The Morgan fingerprint density at radius 1 is 0.769 bits per heavy atom. The summed E-state index contributed by atoms with van der Waals surface area (Å²) in [6.45, 7) is 0. The van der Waals surface area contributed by atoms with Crippen molar-refractivity contribution in [3.8, 4) is 11.1 Å². The molecule has 0 bridgehead atoms. The van der Waals surface area contributed by atoms with Crippen LogP contribution in [0.3, 0.4) is 0 Å². The van der Waals surface area contributed by atoms with Gasteiger partial charge in [-0.1, -0.05) is 54.6 Å². The average Bonchev–Trinajstić information content (AvgIpc) is 2.67. The first-order valence-corrected chi connectivity index (χ1v) is 8.39. The van der Waals surface area contributed by atoms with Crippen LogP contribution in [0.4, 0.5) is 10.5 Å². The van der Waals surface area contributed by atoms with E-state index in [1.54, 1.807) is 24.3 Å². The van der Waals surface area contributed by atoms with Crippen LogP contribution in [0.2, 0.25) is 0 Å². The lowest BCUT2D eigenvalue weighted by Crippen LogP contribution is -2.07. The van der Waals surface area contributed by atoms with Crippen LogP contribution in [0.1, 0.15) is 22.3 Å². The van der Waals surface area contributed by atoms with Gasteiger partial charge in [-0.15, -0.1) is 0 Å². The van der Waals surface area contributed by atoms with Gasteiger partial charge in [0.05, 0.1) is 0 Å². The second kappa shape index (κ2) is 8.12. The number of hydrogen-bond donors (Lipinski definition) is 2. The summed E-state index contributed by atoms with van der Waals surface area (Å²) in [5.41, 5.74) is 4.47. The minimum atomic E-state index is -1.12. The van der Waals surface area contributed by atoms with Crippen molar-refractivity contribution in [2.75, 3.05) is 5.32 Å². The van der Waals surface area contributed by atoms with E-state index in [2.05, 4.69) is 41.7 Å². The van der Waals surface area contributed by atoms with Crippen LogP contribution in [0.15, 0.2) is 78.9 Å². The molecule has 0 unspecified atom stereocenters. The highest BCUT2D eigenvalue weighted by atomic mass is 16.4. The summed E-state index contributed by atoms with van der Waals surface area (Å²) in [5, 5.41) is 10.9. The first kappa shape index (κ1) is 17.4. The normalized spacial score (nSPS) is 10.3. The number of carbonyl (C=O) groups excluding carboxylic acids is 1. The maximum absolute atomic E-state index is 12.3. The van der Waals surface area contributed by atoms with Gasteiger partial charge in [-0.3, -0.25) is 10.1 Å². The molecule has 26 heavy (non-hydrogen) atoms. The molecule has 130 valence electrons. The molecule has 3 aromatic carbocycles. The fourth-order valence-corrected chi connectivity index (χ4v) is 2.76. The summed E-state index contributed by atoms with van der Waals surface area (Å²) in [5.74, 6) is 0.0408. The Labute approximate surface area is 152 Å². The lowest BCUT2D eigenvalue weighted by Gasteiger charge is -2.06. The monoisotopic (exact) mass is 345 g/mol. The molecule has 2 N–H and O–H groups in total. The zero-order valence-electron chi connectivity index (χ0n) is 14.2. The molecule has 0 aliphatic heterocycles. The SMILES string of the molecule is O=C(O)Nc1ccc(C(=O)CCc2ccc(-c3ccccc3)cc2)cc1. The first-order valence-electron chi connectivity index (χ1n) is 8.39. The van der Waals surface area contributed by atoms with Crippen molar-refractivity contribution < 1.29 is 14.7 Å². The van der Waals surface area contributed by atoms with Crippen LogP contribution in [-0.4, -0.2) is 17.0 Å². The van der Waals surface area contributed by atoms with E-state index in [0.717, 1.165) is 11.1 Å². The van der Waals surface area contributed by atoms with Gasteiger partial charge in [0.2, 0.25) is 0 Å². The van der Waals surface area contributed by atoms with E-state index in [0.29, 0.717) is 24.1 Å². The van der Waals surface area contributed by atoms with Crippen molar-refractivity contribution in [2.24, 2.45) is 0 Å². The third-order valence-corrected chi connectivity index (χ3v) is 4.16. The Morgan fingerprint density at radius 2 is 1.38 bits per heavy atom. The van der Waals surface area contributed by atoms with E-state index >= 15 is 0 Å². The molecule has 0 radical (unpaired) electrons. The second-order valence-electron chi connectivity index (χ2n) is 5.99. The average molecular weight is 345 g/mol. The van der Waals surface area contributed by atoms with Gasteiger partial charge in [0.1, 0.15) is 0 Å². The van der Waals surface area contributed by atoms with Crippen molar-refractivity contribution in [2.45, 2.75) is 12.8 Å². The standard InChI is InChI=1S/C22H19NO3/c24-21(19-11-13-20(14-12-19)23-22(25)26)15-8-16-6-9-18(10-7-16)17-4-2-1-3-5-17/h1-7,9-14,23H,8,15H2,(H,25,26). The van der Waals surface area contributed by atoms with Crippen LogP contribution < -0.4 is 5.32 Å². The number of carboxylic acid groups (broad SMARTS) is 1. The molecule has 0 spiro atoms. The quantitative estimate of drug-likeness (QED) is 0.599. The molecule has 0 aliphatic rings. The van der Waals surface area contributed by atoms with Crippen molar-refractivity contribution in [3.05, 3.63) is 90.0 Å². The molecule has 4 heteroatoms. The minimum Gasteiger partial charge on any atom is -0.465 e. The number of anilines is 1. The highest BCUT2D eigenvalue weighted by Gasteiger charge is 2.07. The lowest BCUT2D eigenvalue weighted by molar-refractivity contribution is 0.0983. The Kier molecular flexibility index (Phi) is 5.44. The van der Waals surface area contributed by atoms with Crippen LogP contribution in [0.25, 0.3) is 11.1 Å². The molecule has 0 saturated carbocycles. The zero-order chi connectivity index (χ0) is 18.4. The van der Waals surface area contributed by atoms with Gasteiger partial charge < -0.3 is 5.11 Å². The summed E-state index contributed by atoms with van der Waals surface area (Å²) >= 11 is 0. The number of rotatable bonds is 6. The van der Waals surface area contributed by atoms with Gasteiger partial charge in [0.25, 0.3) is 0 Å². The molecule has 0 atom stereocenters. The molecule has 0 heterocycles. The molecule has 0 saturated heterocycles. The highest BCUT2D eigenvalue weighted by Crippen LogP contribution is 2.20. The van der Waals surface area contributed by atoms with Crippen molar-refractivity contribution in [3.63, 3.8) is 0 Å². The number of hydrogen-bond acceptors (Lipinski definition) is 2. The van der Waals surface area contributed by atoms with Crippen LogP contribution in [-0.2, 0) is 6.42 Å². The number of Topliss-reactive ketones (excluding diaryl/α,β-unsaturated/α-hetero) is 1. The van der Waals surface area contributed by atoms with Gasteiger partial charge >= 0.3 is 6.09 Å². The summed E-state index contributed by atoms with van der Waals surface area (Å²) in [4.78, 5) is 22.9. The molecule has 1 amide bonds. The maximum Gasteiger partial charge on any atom is 0.409 e. The number of benzene rings is 3. The molecule has 0 aliphatic carbocycles. The van der Waals surface area contributed by atoms with Gasteiger partial charge in [-0.25, -0.2) is 4.79 Å². The Hall–Kier alpha value is -3.40. The van der Waals surface area contributed by atoms with Crippen LogP contribution in [0.5, 0.6) is 0 Å². The minimum absolute atomic E-state index is 0.0408. The van der Waals surface area contributed by atoms with Gasteiger partial charge in [-0.05, 0) is 47.4 Å². The number of nitrogens with one attached hydrogen (secondary N) is 1. The van der Waals surface area contributed by atoms with E-state index in [-0.39, 0.29) is 5.78 Å². The topological polar surface area (TPSA) is 66.4 Å². The van der Waals surface area contributed by atoms with Crippen molar-refractivity contribution >= 4 is 17.6 Å². The number of ketones is 1. The molecular formula is C22H19NO3. The van der Waals surface area contributed by atoms with Crippen molar-refractivity contribution in [1.82, 2.24) is 0 Å². The van der Waals surface area contributed by atoms with Gasteiger partial charge in [0.15, 0.2) is 5.78 Å². The van der Waals surface area contributed by atoms with Gasteiger partial charge in [-0.2, -0.15) is 0 Å².